The molecule has 0 saturated carbocycles. The molecule has 3 heteroatoms. The number of hydrogen-bond donors (Lipinski definition) is 0. The summed E-state index contributed by atoms with van der Waals surface area (Å²) in [5.41, 5.74) is 6.37. The van der Waals surface area contributed by atoms with Crippen LogP contribution >= 0.6 is 0 Å². The van der Waals surface area contributed by atoms with Crippen molar-refractivity contribution >= 4 is 5.57 Å². The lowest BCUT2D eigenvalue weighted by atomic mass is 9.71. The molecule has 0 heterocycles. The number of allylic oxidation sites excluding steroid dienone is 2. The first kappa shape index (κ1) is 32.4. The second kappa shape index (κ2) is 14.8. The molecule has 1 aliphatic carbocycles. The van der Waals surface area contributed by atoms with Crippen molar-refractivity contribution in [2.75, 3.05) is 0 Å². The Morgan fingerprint density at radius 2 is 1.37 bits per heavy atom. The first-order valence-electron chi connectivity index (χ1n) is 16.3. The molecule has 0 amide bonds. The van der Waals surface area contributed by atoms with E-state index in [0.717, 1.165) is 53.9 Å². The summed E-state index contributed by atoms with van der Waals surface area (Å²) in [6, 6.07) is 27.9. The van der Waals surface area contributed by atoms with Gasteiger partial charge in [0.05, 0.1) is 17.0 Å². The van der Waals surface area contributed by atoms with E-state index in [1.165, 1.54) is 42.4 Å². The topological polar surface area (TPSA) is 42.2 Å². The minimum absolute atomic E-state index is 0.0367. The van der Waals surface area contributed by atoms with E-state index >= 15 is 0 Å². The van der Waals surface area contributed by atoms with Crippen molar-refractivity contribution < 1.29 is 9.47 Å². The lowest BCUT2D eigenvalue weighted by Gasteiger charge is -2.34. The molecule has 0 spiro atoms. The van der Waals surface area contributed by atoms with Gasteiger partial charge in [-0.1, -0.05) is 114 Å². The molecule has 3 aromatic rings. The standard InChI is InChI=1S/C40H51NO2/c1-7-8-9-16-23-39(3,4)33-25-36(42-27-31-17-12-10-13-18-31)38(37(26-33)43-28-32-19-14-11-15-20-32)34-24-30(2)21-22-35(34)40(5,6)29-41/h10-15,17-20,25-26,30H,7-9,16,21-24,27-28H2,1-6H3. The maximum Gasteiger partial charge on any atom is 0.131 e. The van der Waals surface area contributed by atoms with Crippen molar-refractivity contribution in [3.05, 3.63) is 101 Å². The summed E-state index contributed by atoms with van der Waals surface area (Å²) in [7, 11) is 0. The highest BCUT2D eigenvalue weighted by Gasteiger charge is 2.34. The fourth-order valence-electron chi connectivity index (χ4n) is 6.24. The number of unbranched alkanes of at least 4 members (excludes halogenated alkanes) is 3. The Kier molecular flexibility index (Phi) is 11.1. The Labute approximate surface area is 260 Å². The first-order chi connectivity index (χ1) is 20.6. The Balaban J connectivity index is 1.89. The van der Waals surface area contributed by atoms with Gasteiger partial charge in [-0.25, -0.2) is 0 Å². The molecule has 1 aliphatic rings. The minimum atomic E-state index is -0.569. The van der Waals surface area contributed by atoms with Crippen LogP contribution in [-0.2, 0) is 18.6 Å². The molecule has 1 unspecified atom stereocenters. The highest BCUT2D eigenvalue weighted by molar-refractivity contribution is 5.80. The molecule has 4 rings (SSSR count). The molecule has 0 radical (unpaired) electrons. The minimum Gasteiger partial charge on any atom is -0.488 e. The number of nitriles is 1. The van der Waals surface area contributed by atoms with Crippen LogP contribution in [0.4, 0.5) is 0 Å². The Morgan fingerprint density at radius 1 is 0.814 bits per heavy atom. The molecule has 3 aromatic carbocycles. The normalized spacial score (nSPS) is 15.7. The predicted octanol–water partition coefficient (Wildman–Crippen LogP) is 11.2. The Bertz CT molecular complexity index is 1330. The number of hydrogen-bond acceptors (Lipinski definition) is 3. The van der Waals surface area contributed by atoms with Crippen molar-refractivity contribution in [2.24, 2.45) is 11.3 Å². The van der Waals surface area contributed by atoms with Gasteiger partial charge in [-0.3, -0.25) is 0 Å². The van der Waals surface area contributed by atoms with E-state index < -0.39 is 5.41 Å². The molecule has 1 atom stereocenters. The van der Waals surface area contributed by atoms with Gasteiger partial charge in [-0.15, -0.1) is 0 Å². The molecule has 0 N–H and O–H groups in total. The summed E-state index contributed by atoms with van der Waals surface area (Å²) in [5, 5.41) is 10.2. The highest BCUT2D eigenvalue weighted by atomic mass is 16.5. The largest absolute Gasteiger partial charge is 0.488 e. The summed E-state index contributed by atoms with van der Waals surface area (Å²) in [6.45, 7) is 14.4. The van der Waals surface area contributed by atoms with E-state index in [1.54, 1.807) is 0 Å². The van der Waals surface area contributed by atoms with Crippen LogP contribution in [0.15, 0.2) is 78.4 Å². The van der Waals surface area contributed by atoms with Gasteiger partial charge >= 0.3 is 0 Å². The van der Waals surface area contributed by atoms with E-state index in [2.05, 4.69) is 108 Å². The van der Waals surface area contributed by atoms with Crippen molar-refractivity contribution in [3.8, 4) is 17.6 Å². The zero-order valence-electron chi connectivity index (χ0n) is 27.3. The van der Waals surface area contributed by atoms with Crippen LogP contribution in [-0.4, -0.2) is 0 Å². The Morgan fingerprint density at radius 3 is 1.88 bits per heavy atom. The third-order valence-corrected chi connectivity index (χ3v) is 9.12. The third-order valence-electron chi connectivity index (χ3n) is 9.12. The molecule has 43 heavy (non-hydrogen) atoms. The highest BCUT2D eigenvalue weighted by Crippen LogP contribution is 2.50. The van der Waals surface area contributed by atoms with Crippen LogP contribution in [0.1, 0.15) is 115 Å². The van der Waals surface area contributed by atoms with Gasteiger partial charge in [0.25, 0.3) is 0 Å². The maximum absolute atomic E-state index is 10.2. The summed E-state index contributed by atoms with van der Waals surface area (Å²) in [6.07, 6.45) is 8.98. The van der Waals surface area contributed by atoms with Gasteiger partial charge in [0, 0.05) is 0 Å². The quantitative estimate of drug-likeness (QED) is 0.179. The van der Waals surface area contributed by atoms with E-state index in [0.29, 0.717) is 19.1 Å². The summed E-state index contributed by atoms with van der Waals surface area (Å²) >= 11 is 0. The average molecular weight is 578 g/mol. The molecule has 3 nitrogen and oxygen atoms in total. The Hall–Kier alpha value is -3.51. The second-order valence-corrected chi connectivity index (χ2v) is 13.6. The molecule has 0 bridgehead atoms. The molecular formula is C40H51NO2. The van der Waals surface area contributed by atoms with Gasteiger partial charge < -0.3 is 9.47 Å². The molecule has 0 saturated heterocycles. The second-order valence-electron chi connectivity index (χ2n) is 13.6. The van der Waals surface area contributed by atoms with Crippen LogP contribution in [0.3, 0.4) is 0 Å². The number of nitrogens with zero attached hydrogens (tertiary/aromatic N) is 1. The monoisotopic (exact) mass is 577 g/mol. The van der Waals surface area contributed by atoms with Gasteiger partial charge in [-0.2, -0.15) is 5.26 Å². The maximum atomic E-state index is 10.2. The SMILES string of the molecule is CCCCCCC(C)(C)c1cc(OCc2ccccc2)c(C2=C(C(C)(C)C#N)CCC(C)C2)c(OCc2ccccc2)c1. The van der Waals surface area contributed by atoms with Gasteiger partial charge in [0.2, 0.25) is 0 Å². The fourth-order valence-corrected chi connectivity index (χ4v) is 6.24. The summed E-state index contributed by atoms with van der Waals surface area (Å²) in [5.74, 6) is 2.25. The van der Waals surface area contributed by atoms with Crippen molar-refractivity contribution in [1.29, 1.82) is 5.26 Å². The predicted molar refractivity (Wildman–Crippen MR) is 179 cm³/mol. The van der Waals surface area contributed by atoms with Gasteiger partial charge in [0.1, 0.15) is 24.7 Å². The van der Waals surface area contributed by atoms with Crippen LogP contribution in [0.25, 0.3) is 5.57 Å². The van der Waals surface area contributed by atoms with Crippen LogP contribution < -0.4 is 9.47 Å². The van der Waals surface area contributed by atoms with E-state index in [-0.39, 0.29) is 5.41 Å². The van der Waals surface area contributed by atoms with Gasteiger partial charge in [-0.05, 0) is 90.8 Å². The lowest BCUT2D eigenvalue weighted by Crippen LogP contribution is -2.21. The molecular weight excluding hydrogens is 526 g/mol. The zero-order valence-corrected chi connectivity index (χ0v) is 27.3. The van der Waals surface area contributed by atoms with E-state index in [4.69, 9.17) is 9.47 Å². The third kappa shape index (κ3) is 8.54. The smallest absolute Gasteiger partial charge is 0.131 e. The van der Waals surface area contributed by atoms with E-state index in [9.17, 15) is 5.26 Å². The van der Waals surface area contributed by atoms with Crippen LogP contribution in [0.2, 0.25) is 0 Å². The number of ether oxygens (including phenoxy) is 2. The van der Waals surface area contributed by atoms with Crippen molar-refractivity contribution in [1.82, 2.24) is 0 Å². The van der Waals surface area contributed by atoms with Crippen LogP contribution in [0.5, 0.6) is 11.5 Å². The fraction of sp³-hybridized carbons (Fsp3) is 0.475. The number of rotatable bonds is 14. The molecule has 228 valence electrons. The average Bonchev–Trinajstić information content (AvgIpc) is 3.01. The van der Waals surface area contributed by atoms with Crippen molar-refractivity contribution in [3.63, 3.8) is 0 Å². The zero-order chi connectivity index (χ0) is 30.9. The first-order valence-corrected chi connectivity index (χ1v) is 16.3. The molecule has 0 aliphatic heterocycles. The molecule has 0 fully saturated rings. The number of benzene rings is 3. The van der Waals surface area contributed by atoms with Crippen LogP contribution in [0, 0.1) is 22.7 Å². The molecule has 0 aromatic heterocycles. The lowest BCUT2D eigenvalue weighted by molar-refractivity contribution is 0.285. The van der Waals surface area contributed by atoms with Gasteiger partial charge in [0.15, 0.2) is 0 Å². The summed E-state index contributed by atoms with van der Waals surface area (Å²) < 4.78 is 13.6. The van der Waals surface area contributed by atoms with E-state index in [1.807, 2.05) is 12.1 Å². The van der Waals surface area contributed by atoms with Crippen molar-refractivity contribution in [2.45, 2.75) is 112 Å². The summed E-state index contributed by atoms with van der Waals surface area (Å²) in [4.78, 5) is 0.